The Labute approximate surface area is 110 Å². The molecular formula is C12H17N5O2. The Hall–Kier alpha value is -2.15. The Morgan fingerprint density at radius 3 is 2.84 bits per heavy atom. The Kier molecular flexibility index (Phi) is 3.39. The monoisotopic (exact) mass is 263 g/mol. The van der Waals surface area contributed by atoms with Crippen LogP contribution in [0.15, 0.2) is 29.2 Å². The fourth-order valence-electron chi connectivity index (χ4n) is 1.68. The van der Waals surface area contributed by atoms with Crippen LogP contribution in [-0.2, 0) is 11.3 Å². The number of amides is 1. The first kappa shape index (κ1) is 13.3. The lowest BCUT2D eigenvalue weighted by Crippen LogP contribution is -2.50. The molecule has 7 heteroatoms. The molecule has 0 fully saturated rings. The van der Waals surface area contributed by atoms with Crippen molar-refractivity contribution in [1.29, 1.82) is 0 Å². The minimum atomic E-state index is -0.500. The van der Waals surface area contributed by atoms with Gasteiger partial charge in [-0.1, -0.05) is 6.07 Å². The predicted octanol–water partition coefficient (Wildman–Crippen LogP) is -0.650. The van der Waals surface area contributed by atoms with E-state index in [4.69, 9.17) is 5.73 Å². The van der Waals surface area contributed by atoms with Gasteiger partial charge in [0.15, 0.2) is 5.65 Å². The molecule has 19 heavy (non-hydrogen) atoms. The second kappa shape index (κ2) is 4.85. The molecule has 2 aromatic rings. The molecular weight excluding hydrogens is 246 g/mol. The number of pyridine rings is 1. The highest BCUT2D eigenvalue weighted by molar-refractivity contribution is 5.76. The molecule has 0 aliphatic carbocycles. The number of nitrogens with zero attached hydrogens (tertiary/aromatic N) is 3. The van der Waals surface area contributed by atoms with Gasteiger partial charge in [-0.3, -0.25) is 9.20 Å². The van der Waals surface area contributed by atoms with Crippen molar-refractivity contribution in [3.63, 3.8) is 0 Å². The van der Waals surface area contributed by atoms with Gasteiger partial charge in [-0.05, 0) is 26.0 Å². The first-order valence-electron chi connectivity index (χ1n) is 5.98. The van der Waals surface area contributed by atoms with Crippen molar-refractivity contribution in [3.8, 4) is 0 Å². The number of rotatable bonds is 4. The van der Waals surface area contributed by atoms with E-state index in [-0.39, 0.29) is 18.1 Å². The summed E-state index contributed by atoms with van der Waals surface area (Å²) in [5.74, 6) is -0.291. The summed E-state index contributed by atoms with van der Waals surface area (Å²) in [4.78, 5) is 23.8. The molecule has 2 rings (SSSR count). The van der Waals surface area contributed by atoms with Gasteiger partial charge >= 0.3 is 5.69 Å². The summed E-state index contributed by atoms with van der Waals surface area (Å²) >= 11 is 0. The molecule has 0 aliphatic heterocycles. The normalized spacial score (nSPS) is 11.7. The first-order valence-corrected chi connectivity index (χ1v) is 5.98. The zero-order valence-electron chi connectivity index (χ0n) is 11.0. The number of fused-ring (bicyclic) bond motifs is 1. The first-order chi connectivity index (χ1) is 8.93. The Morgan fingerprint density at radius 1 is 1.47 bits per heavy atom. The van der Waals surface area contributed by atoms with Gasteiger partial charge in [0, 0.05) is 18.3 Å². The number of nitrogens with one attached hydrogen (secondary N) is 1. The highest BCUT2D eigenvalue weighted by atomic mass is 16.2. The second-order valence-electron chi connectivity index (χ2n) is 5.01. The quantitative estimate of drug-likeness (QED) is 0.766. The third kappa shape index (κ3) is 2.82. The Balaban J connectivity index is 2.20. The molecule has 0 aromatic carbocycles. The van der Waals surface area contributed by atoms with Gasteiger partial charge in [0.05, 0.1) is 0 Å². The Bertz CT molecular complexity index is 655. The summed E-state index contributed by atoms with van der Waals surface area (Å²) < 4.78 is 2.53. The van der Waals surface area contributed by atoms with Crippen molar-refractivity contribution in [2.75, 3.05) is 6.54 Å². The van der Waals surface area contributed by atoms with Gasteiger partial charge < -0.3 is 11.1 Å². The van der Waals surface area contributed by atoms with Gasteiger partial charge in [-0.15, -0.1) is 5.10 Å². The molecule has 2 heterocycles. The standard InChI is InChI=1S/C12H17N5O2/c1-12(2,8-13)14-10(18)7-17-11(19)16-6-4-3-5-9(16)15-17/h3-6H,7-8,13H2,1-2H3,(H,14,18). The average molecular weight is 263 g/mol. The number of carbonyl (C=O) groups is 1. The van der Waals surface area contributed by atoms with Crippen molar-refractivity contribution in [2.24, 2.45) is 5.73 Å². The molecule has 0 bridgehead atoms. The molecule has 1 amide bonds. The number of carbonyl (C=O) groups excluding carboxylic acids is 1. The maximum atomic E-state index is 12.0. The lowest BCUT2D eigenvalue weighted by Gasteiger charge is -2.23. The molecule has 0 unspecified atom stereocenters. The molecule has 7 nitrogen and oxygen atoms in total. The summed E-state index contributed by atoms with van der Waals surface area (Å²) in [5.41, 5.74) is 5.21. The van der Waals surface area contributed by atoms with Crippen molar-refractivity contribution in [2.45, 2.75) is 25.9 Å². The van der Waals surface area contributed by atoms with Gasteiger partial charge in [0.1, 0.15) is 6.54 Å². The lowest BCUT2D eigenvalue weighted by molar-refractivity contribution is -0.123. The molecule has 0 spiro atoms. The van der Waals surface area contributed by atoms with Crippen molar-refractivity contribution in [3.05, 3.63) is 34.9 Å². The van der Waals surface area contributed by atoms with E-state index in [0.717, 1.165) is 4.68 Å². The van der Waals surface area contributed by atoms with Crippen molar-refractivity contribution < 1.29 is 4.79 Å². The molecule has 0 saturated heterocycles. The minimum Gasteiger partial charge on any atom is -0.348 e. The molecule has 0 radical (unpaired) electrons. The predicted molar refractivity (Wildman–Crippen MR) is 70.7 cm³/mol. The highest BCUT2D eigenvalue weighted by Crippen LogP contribution is 1.99. The third-order valence-electron chi connectivity index (χ3n) is 2.77. The molecule has 3 N–H and O–H groups in total. The molecule has 0 atom stereocenters. The van der Waals surface area contributed by atoms with E-state index in [1.807, 2.05) is 13.8 Å². The van der Waals surface area contributed by atoms with Crippen molar-refractivity contribution in [1.82, 2.24) is 19.5 Å². The maximum Gasteiger partial charge on any atom is 0.350 e. The van der Waals surface area contributed by atoms with Crippen LogP contribution in [0.5, 0.6) is 0 Å². The molecule has 2 aromatic heterocycles. The summed E-state index contributed by atoms with van der Waals surface area (Å²) in [6, 6.07) is 5.22. The average Bonchev–Trinajstić information content (AvgIpc) is 2.66. The summed E-state index contributed by atoms with van der Waals surface area (Å²) in [6.07, 6.45) is 1.61. The second-order valence-corrected chi connectivity index (χ2v) is 5.01. The zero-order valence-corrected chi connectivity index (χ0v) is 11.0. The Morgan fingerprint density at radius 2 is 2.21 bits per heavy atom. The fraction of sp³-hybridized carbons (Fsp3) is 0.417. The van der Waals surface area contributed by atoms with E-state index in [2.05, 4.69) is 10.4 Å². The topological polar surface area (TPSA) is 94.4 Å². The summed E-state index contributed by atoms with van der Waals surface area (Å²) in [5, 5.41) is 6.84. The molecule has 0 aliphatic rings. The van der Waals surface area contributed by atoms with Crippen LogP contribution in [-0.4, -0.2) is 32.2 Å². The van der Waals surface area contributed by atoms with Crippen LogP contribution in [0.3, 0.4) is 0 Å². The van der Waals surface area contributed by atoms with Crippen LogP contribution in [0.1, 0.15) is 13.8 Å². The van der Waals surface area contributed by atoms with Crippen LogP contribution in [0.2, 0.25) is 0 Å². The van der Waals surface area contributed by atoms with Gasteiger partial charge in [0.2, 0.25) is 5.91 Å². The van der Waals surface area contributed by atoms with Crippen LogP contribution < -0.4 is 16.7 Å². The number of nitrogens with two attached hydrogens (primary N) is 1. The highest BCUT2D eigenvalue weighted by Gasteiger charge is 2.19. The smallest absolute Gasteiger partial charge is 0.348 e. The fourth-order valence-corrected chi connectivity index (χ4v) is 1.68. The van der Waals surface area contributed by atoms with E-state index >= 15 is 0 Å². The zero-order chi connectivity index (χ0) is 14.0. The number of hydrogen-bond acceptors (Lipinski definition) is 4. The maximum absolute atomic E-state index is 12.0. The van der Waals surface area contributed by atoms with Crippen LogP contribution in [0, 0.1) is 0 Å². The third-order valence-corrected chi connectivity index (χ3v) is 2.77. The van der Waals surface area contributed by atoms with E-state index in [1.54, 1.807) is 24.4 Å². The largest absolute Gasteiger partial charge is 0.350 e. The van der Waals surface area contributed by atoms with Crippen LogP contribution in [0.25, 0.3) is 5.65 Å². The SMILES string of the molecule is CC(C)(CN)NC(=O)Cn1nc2ccccn2c1=O. The van der Waals surface area contributed by atoms with Crippen LogP contribution >= 0.6 is 0 Å². The molecule has 102 valence electrons. The van der Waals surface area contributed by atoms with E-state index in [0.29, 0.717) is 12.2 Å². The van der Waals surface area contributed by atoms with Gasteiger partial charge in [-0.25, -0.2) is 9.48 Å². The van der Waals surface area contributed by atoms with E-state index in [9.17, 15) is 9.59 Å². The number of aromatic nitrogens is 3. The molecule has 0 saturated carbocycles. The minimum absolute atomic E-state index is 0.121. The van der Waals surface area contributed by atoms with E-state index < -0.39 is 5.54 Å². The van der Waals surface area contributed by atoms with E-state index in [1.165, 1.54) is 4.40 Å². The number of hydrogen-bond donors (Lipinski definition) is 2. The van der Waals surface area contributed by atoms with Crippen molar-refractivity contribution >= 4 is 11.6 Å². The lowest BCUT2D eigenvalue weighted by atomic mass is 10.1. The van der Waals surface area contributed by atoms with Gasteiger partial charge in [-0.2, -0.15) is 0 Å². The van der Waals surface area contributed by atoms with Crippen LogP contribution in [0.4, 0.5) is 0 Å². The summed E-state index contributed by atoms with van der Waals surface area (Å²) in [7, 11) is 0. The van der Waals surface area contributed by atoms with Gasteiger partial charge in [0.25, 0.3) is 0 Å². The summed E-state index contributed by atoms with van der Waals surface area (Å²) in [6.45, 7) is 3.83.